The van der Waals surface area contributed by atoms with Crippen LogP contribution < -0.4 is 0 Å². The Morgan fingerprint density at radius 2 is 1.33 bits per heavy atom. The molecule has 2 aromatic carbocycles. The average molecular weight is 897 g/mol. The molecule has 0 saturated heterocycles. The molecule has 0 aliphatic rings. The molecule has 0 spiro atoms. The molecule has 19 heteroatoms. The van der Waals surface area contributed by atoms with Crippen LogP contribution in [0.15, 0.2) is 48.5 Å². The van der Waals surface area contributed by atoms with Crippen LogP contribution >= 0.6 is 15.2 Å². The molecule has 0 amide bonds. The second-order valence-corrected chi connectivity index (χ2v) is 16.2. The Kier molecular flexibility index (Phi) is 34.5. The maximum absolute atomic E-state index is 12.9. The van der Waals surface area contributed by atoms with Crippen LogP contribution in [0, 0.1) is 0 Å². The maximum atomic E-state index is 12.9. The molecule has 0 aliphatic carbocycles. The number of nitrogens with zero attached hydrogens (tertiary/aromatic N) is 2. The van der Waals surface area contributed by atoms with Gasteiger partial charge in [0.05, 0.1) is 26.4 Å². The molecular weight excluding hydrogens is 826 g/mol. The molecule has 16 nitrogen and oxygen atoms in total. The minimum absolute atomic E-state index is 0. The Bertz CT molecular complexity index is 1420. The SMILES string of the molecule is C.CCC(N(Cc1ccccc1O)C(CO)C(CCCCCC(=O)CCOCCOC)N(CP(=O)(O)O)C(C)c1ccccc1O)P(=O)(O)O.CCO.CCO.[Fe]. The van der Waals surface area contributed by atoms with E-state index in [0.29, 0.717) is 50.0 Å². The van der Waals surface area contributed by atoms with Crippen molar-refractivity contribution in [2.45, 2.75) is 111 Å². The standard InChI is InChI=1S/C33H54N2O12P2.2C2H6O.CH4.Fe/c1-4-33(49(43,44)45)34(22-26-12-8-10-16-31(26)38)30(23-36)29(15-7-5-6-13-27(37)18-19-47-21-20-46-3)35(24-48(40,41)42)25(2)28-14-9-11-17-32(28)39;2*1-2-3;;/h8-12,14,16-17,25,29-30,33,36,38-39H,4-7,13,15,18-24H2,1-3H3,(H2,40,41,42)(H2,43,44,45);2*3H,2H2,1H3;1H4;. The number of aliphatic hydroxyl groups excluding tert-OH is 3. The molecular formula is C38H70FeN2O14P2. The summed E-state index contributed by atoms with van der Waals surface area (Å²) in [4.78, 5) is 56.8. The number of methoxy groups -OCH3 is 1. The second kappa shape index (κ2) is 33.0. The molecule has 2 aromatic rings. The summed E-state index contributed by atoms with van der Waals surface area (Å²) in [6.07, 6.45) is 1.49. The van der Waals surface area contributed by atoms with Crippen molar-refractivity contribution in [2.24, 2.45) is 0 Å². The molecule has 0 saturated carbocycles. The van der Waals surface area contributed by atoms with E-state index in [0.717, 1.165) is 0 Å². The fraction of sp³-hybridized carbons (Fsp3) is 0.658. The summed E-state index contributed by atoms with van der Waals surface area (Å²) in [6.45, 7) is 7.38. The van der Waals surface area contributed by atoms with Gasteiger partial charge in [0.25, 0.3) is 0 Å². The number of aliphatic hydroxyl groups is 3. The predicted molar refractivity (Wildman–Crippen MR) is 217 cm³/mol. The van der Waals surface area contributed by atoms with Gasteiger partial charge in [0.15, 0.2) is 0 Å². The Hall–Kier alpha value is -1.75. The largest absolute Gasteiger partial charge is 0.508 e. The number of aromatic hydroxyl groups is 2. The molecule has 4 unspecified atom stereocenters. The van der Waals surface area contributed by atoms with E-state index in [1.807, 2.05) is 0 Å². The summed E-state index contributed by atoms with van der Waals surface area (Å²) >= 11 is 0. The van der Waals surface area contributed by atoms with E-state index in [1.165, 1.54) is 21.9 Å². The van der Waals surface area contributed by atoms with Crippen LogP contribution in [0.25, 0.3) is 0 Å². The maximum Gasteiger partial charge on any atom is 0.342 e. The van der Waals surface area contributed by atoms with Crippen molar-refractivity contribution in [1.82, 2.24) is 9.80 Å². The Balaban J connectivity index is -0.00000341. The molecule has 0 radical (unpaired) electrons. The second-order valence-electron chi connectivity index (χ2n) is 12.8. The first-order valence-electron chi connectivity index (χ1n) is 18.5. The topological polar surface area (TPSA) is 258 Å². The monoisotopic (exact) mass is 896 g/mol. The van der Waals surface area contributed by atoms with Crippen molar-refractivity contribution in [3.63, 3.8) is 0 Å². The number of benzene rings is 2. The fourth-order valence-electron chi connectivity index (χ4n) is 6.13. The van der Waals surface area contributed by atoms with E-state index >= 15 is 0 Å². The third-order valence-corrected chi connectivity index (χ3v) is 10.7. The summed E-state index contributed by atoms with van der Waals surface area (Å²) in [5.74, 6) is -1.61. The summed E-state index contributed by atoms with van der Waals surface area (Å²) in [6, 6.07) is 9.82. The van der Waals surface area contributed by atoms with Crippen LogP contribution in [0.2, 0.25) is 0 Å². The zero-order chi connectivity index (χ0) is 42.0. The molecule has 57 heavy (non-hydrogen) atoms. The number of rotatable bonds is 25. The van der Waals surface area contributed by atoms with Gasteiger partial charge in [-0.1, -0.05) is 63.6 Å². The number of unbranched alkanes of at least 4 members (excludes halogenated alkanes) is 2. The summed E-state index contributed by atoms with van der Waals surface area (Å²) in [5, 5.41) is 47.5. The van der Waals surface area contributed by atoms with E-state index < -0.39 is 52.0 Å². The zero-order valence-electron chi connectivity index (χ0n) is 33.2. The van der Waals surface area contributed by atoms with Gasteiger partial charge >= 0.3 is 15.2 Å². The Morgan fingerprint density at radius 1 is 0.772 bits per heavy atom. The first-order valence-corrected chi connectivity index (χ1v) is 22.0. The van der Waals surface area contributed by atoms with Gasteiger partial charge in [0.1, 0.15) is 29.4 Å². The summed E-state index contributed by atoms with van der Waals surface area (Å²) in [5.41, 5.74) is 0.705. The van der Waals surface area contributed by atoms with Gasteiger partial charge in [-0.25, -0.2) is 0 Å². The number of hydrogen-bond donors (Lipinski definition) is 9. The smallest absolute Gasteiger partial charge is 0.342 e. The number of ketones is 1. The van der Waals surface area contributed by atoms with E-state index in [1.54, 1.807) is 71.2 Å². The molecule has 334 valence electrons. The number of carbonyl (C=O) groups is 1. The van der Waals surface area contributed by atoms with E-state index in [9.17, 15) is 48.8 Å². The van der Waals surface area contributed by atoms with Crippen LogP contribution in [0.1, 0.15) is 97.2 Å². The van der Waals surface area contributed by atoms with Crippen molar-refractivity contribution < 1.29 is 85.6 Å². The van der Waals surface area contributed by atoms with Gasteiger partial charge in [-0.2, -0.15) is 0 Å². The number of ether oxygens (including phenoxy) is 2. The van der Waals surface area contributed by atoms with Crippen LogP contribution in [-0.4, -0.2) is 132 Å². The minimum atomic E-state index is -4.85. The molecule has 0 bridgehead atoms. The van der Waals surface area contributed by atoms with Gasteiger partial charge < -0.3 is 54.6 Å². The van der Waals surface area contributed by atoms with E-state index in [-0.39, 0.29) is 87.4 Å². The van der Waals surface area contributed by atoms with Crippen LogP contribution in [0.3, 0.4) is 0 Å². The number of phenols is 2. The molecule has 0 heterocycles. The van der Waals surface area contributed by atoms with E-state index in [2.05, 4.69) is 0 Å². The van der Waals surface area contributed by atoms with Gasteiger partial charge in [-0.05, 0) is 52.2 Å². The normalized spacial score (nSPS) is 13.5. The first-order chi connectivity index (χ1) is 26.0. The zero-order valence-corrected chi connectivity index (χ0v) is 36.1. The molecule has 0 fully saturated rings. The van der Waals surface area contributed by atoms with Crippen molar-refractivity contribution >= 4 is 21.0 Å². The van der Waals surface area contributed by atoms with Gasteiger partial charge in [0.2, 0.25) is 0 Å². The number of para-hydroxylation sites is 2. The number of Topliss-reactive ketones (excluding diaryl/α,β-unsaturated/α-hetero) is 1. The number of hydrogen-bond acceptors (Lipinski definition) is 12. The summed E-state index contributed by atoms with van der Waals surface area (Å²) in [7, 11) is -8.06. The molecule has 2 rings (SSSR count). The number of carbonyl (C=O) groups excluding carboxylic acids is 1. The summed E-state index contributed by atoms with van der Waals surface area (Å²) < 4.78 is 35.8. The molecule has 0 aromatic heterocycles. The van der Waals surface area contributed by atoms with Crippen molar-refractivity contribution in [1.29, 1.82) is 0 Å². The fourth-order valence-corrected chi connectivity index (χ4v) is 8.13. The molecule has 0 aliphatic heterocycles. The molecule has 9 N–H and O–H groups in total. The third-order valence-electron chi connectivity index (χ3n) is 8.61. The van der Waals surface area contributed by atoms with Crippen LogP contribution in [0.5, 0.6) is 11.5 Å². The first kappa shape index (κ1) is 59.6. The predicted octanol–water partition coefficient (Wildman–Crippen LogP) is 4.95. The average Bonchev–Trinajstić information content (AvgIpc) is 3.10. The van der Waals surface area contributed by atoms with Crippen molar-refractivity contribution in [3.8, 4) is 11.5 Å². The minimum Gasteiger partial charge on any atom is -0.508 e. The Labute approximate surface area is 350 Å². The molecule has 4 atom stereocenters. The van der Waals surface area contributed by atoms with Gasteiger partial charge in [-0.3, -0.25) is 23.7 Å². The van der Waals surface area contributed by atoms with E-state index in [4.69, 9.17) is 19.7 Å². The quantitative estimate of drug-likeness (QED) is 0.0363. The third kappa shape index (κ3) is 24.2. The van der Waals surface area contributed by atoms with Crippen molar-refractivity contribution in [2.75, 3.05) is 53.0 Å². The van der Waals surface area contributed by atoms with Gasteiger partial charge in [-0.15, -0.1) is 0 Å². The van der Waals surface area contributed by atoms with Crippen LogP contribution in [0.4, 0.5) is 0 Å². The number of phenolic OH excluding ortho intramolecular Hbond substituents is 2. The van der Waals surface area contributed by atoms with Crippen molar-refractivity contribution in [3.05, 3.63) is 59.7 Å². The Morgan fingerprint density at radius 3 is 1.82 bits per heavy atom. The van der Waals surface area contributed by atoms with Crippen LogP contribution in [-0.2, 0) is 47.0 Å². The van der Waals surface area contributed by atoms with Gasteiger partial charge in [0, 0.05) is 86.0 Å².